The monoisotopic (exact) mass is 596 g/mol. The molecule has 5 rings (SSSR count). The number of ether oxygens (including phenoxy) is 2. The summed E-state index contributed by atoms with van der Waals surface area (Å²) >= 11 is 0. The number of nitrogen functional groups attached to an aromatic ring is 1. The molecule has 0 saturated carbocycles. The molecule has 1 unspecified atom stereocenters. The number of imidazole rings is 1. The number of rotatable bonds is 9. The van der Waals surface area contributed by atoms with Crippen LogP contribution in [-0.2, 0) is 23.1 Å². The molecule has 3 aromatic heterocycles. The van der Waals surface area contributed by atoms with Crippen molar-refractivity contribution in [2.24, 2.45) is 5.11 Å². The van der Waals surface area contributed by atoms with Gasteiger partial charge in [-0.15, -0.1) is 0 Å². The summed E-state index contributed by atoms with van der Waals surface area (Å²) in [7, 11) is -4.79. The van der Waals surface area contributed by atoms with Gasteiger partial charge in [-0.2, -0.15) is 0 Å². The maximum atomic E-state index is 12.6. The predicted octanol–water partition coefficient (Wildman–Crippen LogP) is -1.01. The van der Waals surface area contributed by atoms with E-state index >= 15 is 0 Å². The van der Waals surface area contributed by atoms with Crippen LogP contribution in [0.4, 0.5) is 5.82 Å². The van der Waals surface area contributed by atoms with Crippen LogP contribution in [-0.4, -0.2) is 87.8 Å². The summed E-state index contributed by atoms with van der Waals surface area (Å²) in [6, 6.07) is -0.886. The molecule has 8 atom stereocenters. The molecule has 2 saturated heterocycles. The van der Waals surface area contributed by atoms with Crippen LogP contribution in [0, 0.1) is 6.92 Å². The molecular weight excluding hydrogens is 571 g/mol. The van der Waals surface area contributed by atoms with Gasteiger partial charge in [0.15, 0.2) is 17.7 Å². The fraction of sp³-hybridized carbons (Fsp3) is 0.550. The van der Waals surface area contributed by atoms with Crippen LogP contribution in [0.15, 0.2) is 33.6 Å². The lowest BCUT2D eigenvalue weighted by Gasteiger charge is -2.20. The number of phosphoric ester groups is 1. The molecule has 0 radical (unpaired) electrons. The number of aromatic amines is 1. The lowest BCUT2D eigenvalue weighted by molar-refractivity contribution is -0.0551. The normalized spacial score (nSPS) is 29.4. The van der Waals surface area contributed by atoms with Crippen LogP contribution >= 0.6 is 7.82 Å². The third-order valence-corrected chi connectivity index (χ3v) is 7.61. The molecule has 0 spiro atoms. The van der Waals surface area contributed by atoms with E-state index in [9.17, 15) is 29.3 Å². The summed E-state index contributed by atoms with van der Waals surface area (Å²) < 4.78 is 36.4. The average Bonchev–Trinajstić information content (AvgIpc) is 3.61. The molecular formula is C20H25N10O10P. The maximum Gasteiger partial charge on any atom is 0.472 e. The summed E-state index contributed by atoms with van der Waals surface area (Å²) in [5.41, 5.74) is 14.1. The Morgan fingerprint density at radius 3 is 2.66 bits per heavy atom. The number of azide groups is 1. The summed E-state index contributed by atoms with van der Waals surface area (Å²) in [5, 5.41) is 24.6. The van der Waals surface area contributed by atoms with Gasteiger partial charge in [0.2, 0.25) is 0 Å². The largest absolute Gasteiger partial charge is 0.472 e. The van der Waals surface area contributed by atoms with Crippen molar-refractivity contribution >= 4 is 24.8 Å². The lowest BCUT2D eigenvalue weighted by atomic mass is 10.1. The Morgan fingerprint density at radius 2 is 1.93 bits per heavy atom. The third-order valence-electron chi connectivity index (χ3n) is 6.66. The fourth-order valence-electron chi connectivity index (χ4n) is 4.55. The molecule has 2 fully saturated rings. The number of nitrogens with one attached hydrogen (secondary N) is 1. The number of hydrogen-bond donors (Lipinski definition) is 5. The quantitative estimate of drug-likeness (QED) is 0.0856. The van der Waals surface area contributed by atoms with Crippen molar-refractivity contribution in [1.29, 1.82) is 0 Å². The van der Waals surface area contributed by atoms with Crippen molar-refractivity contribution in [2.45, 2.75) is 56.3 Å². The van der Waals surface area contributed by atoms with Crippen LogP contribution in [0.2, 0.25) is 0 Å². The Morgan fingerprint density at radius 1 is 1.20 bits per heavy atom. The van der Waals surface area contributed by atoms with Gasteiger partial charge in [-0.1, -0.05) is 5.11 Å². The standard InChI is InChI=1S/C20H25N10O10P/c1-8-3-29(20(34)26-18(8)33)12-2-9(27-28-22)10(39-12)4-37-41(35,36)38-5-11-14(31)15(32)19(40-11)30-7-25-13-16(21)23-6-24-17(13)30/h3,6-7,9-12,14-15,19,31-32H,2,4-5H2,1H3,(H,35,36)(H2,21,23,24)(H,26,33,34)/t9-,10+,11+,12+,14+,15+,19+/m0/s1. The third kappa shape index (κ3) is 5.73. The van der Waals surface area contributed by atoms with E-state index in [1.54, 1.807) is 0 Å². The van der Waals surface area contributed by atoms with Crippen LogP contribution < -0.4 is 17.0 Å². The fourth-order valence-corrected chi connectivity index (χ4v) is 5.29. The molecule has 0 amide bonds. The summed E-state index contributed by atoms with van der Waals surface area (Å²) in [6.07, 6.45) is -3.67. The zero-order chi connectivity index (χ0) is 29.5. The van der Waals surface area contributed by atoms with Crippen molar-refractivity contribution in [3.63, 3.8) is 0 Å². The molecule has 2 aliphatic heterocycles. The number of anilines is 1. The van der Waals surface area contributed by atoms with Gasteiger partial charge in [-0.25, -0.2) is 24.3 Å². The molecule has 6 N–H and O–H groups in total. The van der Waals surface area contributed by atoms with Gasteiger partial charge in [0.05, 0.1) is 31.7 Å². The number of aryl methyl sites for hydroxylation is 1. The molecule has 2 aliphatic rings. The van der Waals surface area contributed by atoms with Crippen molar-refractivity contribution in [3.05, 3.63) is 55.7 Å². The first-order valence-corrected chi connectivity index (χ1v) is 13.6. The Labute approximate surface area is 228 Å². The number of aliphatic hydroxyl groups is 2. The smallest absolute Gasteiger partial charge is 0.387 e. The van der Waals surface area contributed by atoms with Crippen LogP contribution in [0.25, 0.3) is 21.6 Å². The van der Waals surface area contributed by atoms with Crippen molar-refractivity contribution in [1.82, 2.24) is 29.1 Å². The van der Waals surface area contributed by atoms with E-state index < -0.39 is 75.2 Å². The van der Waals surface area contributed by atoms with Gasteiger partial charge >= 0.3 is 13.5 Å². The van der Waals surface area contributed by atoms with Gasteiger partial charge in [-0.3, -0.25) is 28.0 Å². The first-order chi connectivity index (χ1) is 19.5. The molecule has 0 bridgehead atoms. The van der Waals surface area contributed by atoms with Crippen LogP contribution in [0.1, 0.15) is 24.4 Å². The SMILES string of the molecule is Cc1cn([C@H]2C[C@H](N=[N+]=[N-])[C@@H](COP(=O)(O)OC[C@H]3O[C@@H](n4cnc5c(N)ncnc54)[C@H](O)[C@@H]3O)O2)c(=O)[nH]c1=O. The molecule has 3 aromatic rings. The number of nitrogens with two attached hydrogens (primary N) is 1. The second kappa shape index (κ2) is 11.3. The predicted molar refractivity (Wildman–Crippen MR) is 135 cm³/mol. The van der Waals surface area contributed by atoms with Crippen molar-refractivity contribution in [3.8, 4) is 0 Å². The van der Waals surface area contributed by atoms with Gasteiger partial charge < -0.3 is 30.3 Å². The molecule has 41 heavy (non-hydrogen) atoms. The van der Waals surface area contributed by atoms with E-state index in [2.05, 4.69) is 30.0 Å². The summed E-state index contributed by atoms with van der Waals surface area (Å²) in [4.78, 5) is 51.0. The highest BCUT2D eigenvalue weighted by atomic mass is 31.2. The minimum absolute atomic E-state index is 0.0148. The first-order valence-electron chi connectivity index (χ1n) is 12.1. The van der Waals surface area contributed by atoms with E-state index in [1.165, 1.54) is 30.3 Å². The molecule has 0 aliphatic carbocycles. The van der Waals surface area contributed by atoms with Crippen molar-refractivity contribution in [2.75, 3.05) is 18.9 Å². The van der Waals surface area contributed by atoms with E-state index in [4.69, 9.17) is 29.8 Å². The Kier molecular flexibility index (Phi) is 7.93. The van der Waals surface area contributed by atoms with Gasteiger partial charge in [-0.05, 0) is 12.5 Å². The van der Waals surface area contributed by atoms with Gasteiger partial charge in [0.1, 0.15) is 36.4 Å². The molecule has 0 aromatic carbocycles. The van der Waals surface area contributed by atoms with Crippen molar-refractivity contribution < 1.29 is 38.2 Å². The number of aliphatic hydroxyl groups excluding tert-OH is 2. The second-order valence-electron chi connectivity index (χ2n) is 9.31. The number of H-pyrrole nitrogens is 1. The highest BCUT2D eigenvalue weighted by molar-refractivity contribution is 7.47. The zero-order valence-corrected chi connectivity index (χ0v) is 22.1. The minimum atomic E-state index is -4.79. The van der Waals surface area contributed by atoms with Crippen LogP contribution in [0.5, 0.6) is 0 Å². The minimum Gasteiger partial charge on any atom is -0.387 e. The number of phosphoric acid groups is 1. The Balaban J connectivity index is 1.21. The first kappa shape index (κ1) is 28.8. The summed E-state index contributed by atoms with van der Waals surface area (Å²) in [5.74, 6) is 0.0983. The topological polar surface area (TPSA) is 288 Å². The van der Waals surface area contributed by atoms with Gasteiger partial charge in [0, 0.05) is 23.1 Å². The summed E-state index contributed by atoms with van der Waals surface area (Å²) in [6.45, 7) is 0.251. The highest BCUT2D eigenvalue weighted by Gasteiger charge is 2.46. The second-order valence-corrected chi connectivity index (χ2v) is 10.8. The lowest BCUT2D eigenvalue weighted by Crippen LogP contribution is -2.34. The number of fused-ring (bicyclic) bond motifs is 1. The van der Waals surface area contributed by atoms with E-state index in [-0.39, 0.29) is 29.0 Å². The van der Waals surface area contributed by atoms with E-state index in [1.807, 2.05) is 0 Å². The zero-order valence-electron chi connectivity index (χ0n) is 21.2. The number of aromatic nitrogens is 6. The van der Waals surface area contributed by atoms with E-state index in [0.717, 1.165) is 4.57 Å². The van der Waals surface area contributed by atoms with E-state index in [0.29, 0.717) is 0 Å². The molecule has 21 heteroatoms. The maximum absolute atomic E-state index is 12.6. The Hall–Kier alpha value is -3.71. The van der Waals surface area contributed by atoms with Gasteiger partial charge in [0.25, 0.3) is 5.56 Å². The molecule has 220 valence electrons. The number of hydrogen-bond acceptors (Lipinski definition) is 14. The number of nitrogens with zero attached hydrogens (tertiary/aromatic N) is 8. The Bertz CT molecular complexity index is 1650. The molecule has 20 nitrogen and oxygen atoms in total. The average molecular weight is 596 g/mol. The highest BCUT2D eigenvalue weighted by Crippen LogP contribution is 2.45. The van der Waals surface area contributed by atoms with Crippen LogP contribution in [0.3, 0.4) is 0 Å². The molecule has 5 heterocycles.